The number of alkyl halides is 2. The van der Waals surface area contributed by atoms with E-state index in [-0.39, 0.29) is 16.9 Å². The molecule has 1 aromatic carbocycles. The molecule has 0 heterocycles. The molecule has 24 heavy (non-hydrogen) atoms. The van der Waals surface area contributed by atoms with Crippen LogP contribution in [0.25, 0.3) is 0 Å². The van der Waals surface area contributed by atoms with Crippen molar-refractivity contribution < 1.29 is 25.6 Å². The number of rotatable bonds is 5. The van der Waals surface area contributed by atoms with Gasteiger partial charge in [0.2, 0.25) is 19.9 Å². The molecule has 2 rings (SSSR count). The van der Waals surface area contributed by atoms with Crippen molar-refractivity contribution in [1.29, 1.82) is 0 Å². The van der Waals surface area contributed by atoms with Gasteiger partial charge >= 0.3 is 5.76 Å². The van der Waals surface area contributed by atoms with Crippen LogP contribution in [0.5, 0.6) is 0 Å². The zero-order chi connectivity index (χ0) is 18.1. The fraction of sp³-hybridized carbons (Fsp3) is 0.600. The van der Waals surface area contributed by atoms with Crippen molar-refractivity contribution >= 4 is 19.9 Å². The van der Waals surface area contributed by atoms with Crippen LogP contribution >= 0.6 is 0 Å². The molecule has 0 saturated heterocycles. The smallest absolute Gasteiger partial charge is 0.218 e. The minimum Gasteiger partial charge on any atom is -0.218 e. The fourth-order valence-corrected chi connectivity index (χ4v) is 5.01. The van der Waals surface area contributed by atoms with Crippen LogP contribution in [-0.2, 0) is 19.9 Å². The second-order valence-corrected chi connectivity index (χ2v) is 9.90. The maximum Gasteiger partial charge on any atom is 0.341 e. The molecule has 9 heteroatoms. The molecule has 0 aliphatic heterocycles. The number of nitrogens with one attached hydrogen (secondary N) is 1. The number of hydrogen-bond donors (Lipinski definition) is 1. The van der Waals surface area contributed by atoms with E-state index in [2.05, 4.69) is 11.6 Å². The van der Waals surface area contributed by atoms with Crippen LogP contribution in [0, 0.1) is 11.8 Å². The van der Waals surface area contributed by atoms with Crippen LogP contribution in [0.3, 0.4) is 0 Å². The van der Waals surface area contributed by atoms with Gasteiger partial charge in [-0.2, -0.15) is 8.78 Å². The van der Waals surface area contributed by atoms with Crippen LogP contribution in [0.15, 0.2) is 34.1 Å². The van der Waals surface area contributed by atoms with Gasteiger partial charge in [-0.05, 0) is 42.5 Å². The predicted molar refractivity (Wildman–Crippen MR) is 85.9 cm³/mol. The van der Waals surface area contributed by atoms with Gasteiger partial charge in [0.1, 0.15) is 0 Å². The molecule has 3 atom stereocenters. The molecule has 0 aromatic heterocycles. The van der Waals surface area contributed by atoms with Crippen molar-refractivity contribution in [2.24, 2.45) is 11.8 Å². The molecule has 1 N–H and O–H groups in total. The van der Waals surface area contributed by atoms with Gasteiger partial charge in [-0.15, -0.1) is 0 Å². The van der Waals surface area contributed by atoms with Crippen molar-refractivity contribution in [1.82, 2.24) is 4.72 Å². The van der Waals surface area contributed by atoms with Crippen molar-refractivity contribution in [2.75, 3.05) is 0 Å². The van der Waals surface area contributed by atoms with Gasteiger partial charge in [-0.25, -0.2) is 21.6 Å². The van der Waals surface area contributed by atoms with E-state index < -0.39 is 30.5 Å². The Kier molecular flexibility index (Phi) is 5.66. The first-order valence-corrected chi connectivity index (χ1v) is 10.7. The van der Waals surface area contributed by atoms with E-state index >= 15 is 0 Å². The molecular weight excluding hydrogens is 360 g/mol. The number of hydrogen-bond acceptors (Lipinski definition) is 4. The lowest BCUT2D eigenvalue weighted by Gasteiger charge is -2.34. The Bertz CT molecular complexity index is 776. The summed E-state index contributed by atoms with van der Waals surface area (Å²) in [5.74, 6) is -2.94. The van der Waals surface area contributed by atoms with Gasteiger partial charge in [-0.1, -0.05) is 26.7 Å². The topological polar surface area (TPSA) is 80.3 Å². The van der Waals surface area contributed by atoms with Gasteiger partial charge in [0.25, 0.3) is 0 Å². The van der Waals surface area contributed by atoms with Crippen molar-refractivity contribution in [3.63, 3.8) is 0 Å². The van der Waals surface area contributed by atoms with E-state index in [1.165, 1.54) is 0 Å². The second kappa shape index (κ2) is 7.05. The molecule has 0 amide bonds. The van der Waals surface area contributed by atoms with E-state index in [0.29, 0.717) is 5.92 Å². The maximum atomic E-state index is 12.5. The molecule has 0 unspecified atom stereocenters. The third kappa shape index (κ3) is 3.94. The van der Waals surface area contributed by atoms with E-state index in [4.69, 9.17) is 0 Å². The highest BCUT2D eigenvalue weighted by molar-refractivity contribution is 7.91. The third-order valence-corrected chi connectivity index (χ3v) is 7.61. The highest BCUT2D eigenvalue weighted by Gasteiger charge is 2.31. The standard InChI is InChI=1S/C15H21F2NO4S2/c1-10-4-3-5-14(11(10)2)18-24(21,22)13-8-6-12(7-9-13)23(19,20)15(16)17/h6-11,14-15,18H,3-5H2,1-2H3/t10-,11+,14-/m1/s1. The average Bonchev–Trinajstić information content (AvgIpc) is 2.51. The highest BCUT2D eigenvalue weighted by atomic mass is 32.2. The Hall–Kier alpha value is -1.06. The number of sulfonamides is 1. The summed E-state index contributed by atoms with van der Waals surface area (Å²) in [7, 11) is -8.56. The molecular formula is C15H21F2NO4S2. The molecule has 1 fully saturated rings. The van der Waals surface area contributed by atoms with E-state index in [0.717, 1.165) is 43.5 Å². The highest BCUT2D eigenvalue weighted by Crippen LogP contribution is 2.30. The van der Waals surface area contributed by atoms with Crippen LogP contribution in [0.2, 0.25) is 0 Å². The molecule has 136 valence electrons. The Morgan fingerprint density at radius 1 is 1.00 bits per heavy atom. The number of benzene rings is 1. The molecule has 0 radical (unpaired) electrons. The number of halogens is 2. The summed E-state index contributed by atoms with van der Waals surface area (Å²) in [5, 5.41) is 0. The summed E-state index contributed by atoms with van der Waals surface area (Å²) in [6.07, 6.45) is 2.73. The summed E-state index contributed by atoms with van der Waals surface area (Å²) >= 11 is 0. The maximum absolute atomic E-state index is 12.5. The Morgan fingerprint density at radius 2 is 1.54 bits per heavy atom. The minimum atomic E-state index is -4.73. The molecule has 0 spiro atoms. The lowest BCUT2D eigenvalue weighted by molar-refractivity contribution is 0.227. The molecule has 5 nitrogen and oxygen atoms in total. The molecule has 1 aliphatic carbocycles. The SMILES string of the molecule is C[C@H]1[C@H](C)CCC[C@H]1NS(=O)(=O)c1ccc(S(=O)(=O)C(F)F)cc1. The summed E-state index contributed by atoms with van der Waals surface area (Å²) < 4.78 is 75.3. The lowest BCUT2D eigenvalue weighted by atomic mass is 9.78. The zero-order valence-corrected chi connectivity index (χ0v) is 15.1. The first kappa shape index (κ1) is 19.3. The third-order valence-electron chi connectivity index (χ3n) is 4.71. The van der Waals surface area contributed by atoms with Gasteiger partial charge in [0, 0.05) is 6.04 Å². The first-order valence-electron chi connectivity index (χ1n) is 7.70. The fourth-order valence-electron chi connectivity index (χ4n) is 2.93. The van der Waals surface area contributed by atoms with Crippen molar-refractivity contribution in [3.8, 4) is 0 Å². The average molecular weight is 381 g/mol. The first-order chi connectivity index (χ1) is 11.1. The molecule has 0 bridgehead atoms. The largest absolute Gasteiger partial charge is 0.341 e. The Labute approximate surface area is 141 Å². The molecule has 1 aromatic rings. The van der Waals surface area contributed by atoms with E-state index in [9.17, 15) is 25.6 Å². The summed E-state index contributed by atoms with van der Waals surface area (Å²) in [6.45, 7) is 4.07. The van der Waals surface area contributed by atoms with Crippen molar-refractivity contribution in [3.05, 3.63) is 24.3 Å². The van der Waals surface area contributed by atoms with Crippen LogP contribution in [-0.4, -0.2) is 28.6 Å². The molecule has 1 saturated carbocycles. The van der Waals surface area contributed by atoms with Crippen LogP contribution in [0.1, 0.15) is 33.1 Å². The van der Waals surface area contributed by atoms with E-state index in [1.54, 1.807) is 0 Å². The zero-order valence-electron chi connectivity index (χ0n) is 13.4. The van der Waals surface area contributed by atoms with Crippen molar-refractivity contribution in [2.45, 2.75) is 54.7 Å². The van der Waals surface area contributed by atoms with Crippen LogP contribution < -0.4 is 4.72 Å². The summed E-state index contributed by atoms with van der Waals surface area (Å²) in [6, 6.07) is 3.66. The monoisotopic (exact) mass is 381 g/mol. The van der Waals surface area contributed by atoms with Gasteiger partial charge in [0.15, 0.2) is 0 Å². The lowest BCUT2D eigenvalue weighted by Crippen LogP contribution is -2.43. The quantitative estimate of drug-likeness (QED) is 0.850. The second-order valence-electron chi connectivity index (χ2n) is 6.27. The Morgan fingerprint density at radius 3 is 2.08 bits per heavy atom. The summed E-state index contributed by atoms with van der Waals surface area (Å²) in [4.78, 5) is -0.739. The number of sulfone groups is 1. The van der Waals surface area contributed by atoms with E-state index in [1.807, 2.05) is 6.92 Å². The molecule has 1 aliphatic rings. The van der Waals surface area contributed by atoms with Gasteiger partial charge in [0.05, 0.1) is 9.79 Å². The normalized spacial score (nSPS) is 25.8. The minimum absolute atomic E-state index is 0.138. The predicted octanol–water partition coefficient (Wildman–Crippen LogP) is 2.79. The van der Waals surface area contributed by atoms with Gasteiger partial charge < -0.3 is 0 Å². The Balaban J connectivity index is 2.21. The summed E-state index contributed by atoms with van der Waals surface area (Å²) in [5.41, 5.74) is 0. The van der Waals surface area contributed by atoms with Crippen LogP contribution in [0.4, 0.5) is 8.78 Å². The van der Waals surface area contributed by atoms with Gasteiger partial charge in [-0.3, -0.25) is 0 Å².